The van der Waals surface area contributed by atoms with E-state index in [1.54, 1.807) is 21.1 Å². The molecule has 3 aromatic rings. The molecule has 0 radical (unpaired) electrons. The molecule has 1 aliphatic rings. The Balaban J connectivity index is 1.42. The summed E-state index contributed by atoms with van der Waals surface area (Å²) in [5.74, 6) is -0.272. The van der Waals surface area contributed by atoms with Crippen molar-refractivity contribution in [3.8, 4) is 0 Å². The topological polar surface area (TPSA) is 98.2 Å². The summed E-state index contributed by atoms with van der Waals surface area (Å²) in [6, 6.07) is 8.12. The molecule has 1 saturated heterocycles. The summed E-state index contributed by atoms with van der Waals surface area (Å²) in [5.41, 5.74) is 0.426. The van der Waals surface area contributed by atoms with Crippen molar-refractivity contribution in [2.75, 3.05) is 26.2 Å². The third-order valence-electron chi connectivity index (χ3n) is 4.94. The largest absolute Gasteiger partial charge is 0.489 e. The Hall–Kier alpha value is -2.53. The summed E-state index contributed by atoms with van der Waals surface area (Å²) in [7, 11) is -1.78. The van der Waals surface area contributed by atoms with E-state index in [0.717, 1.165) is 9.40 Å². The van der Waals surface area contributed by atoms with E-state index < -0.39 is 7.12 Å². The zero-order valence-corrected chi connectivity index (χ0v) is 16.9. The van der Waals surface area contributed by atoms with E-state index in [2.05, 4.69) is 0 Å². The molecular weight excluding hydrogens is 411 g/mol. The number of carbonyl (C=O) groups is 3. The molecule has 0 saturated carbocycles. The minimum absolute atomic E-state index is 0.0185. The lowest BCUT2D eigenvalue weighted by molar-refractivity contribution is 0.0538. The third kappa shape index (κ3) is 3.84. The minimum atomic E-state index is -1.78. The maximum atomic E-state index is 12.8. The summed E-state index contributed by atoms with van der Waals surface area (Å²) < 4.78 is 2.21. The monoisotopic (exact) mass is 428 g/mol. The summed E-state index contributed by atoms with van der Waals surface area (Å²) >= 11 is 3.09. The lowest BCUT2D eigenvalue weighted by Crippen LogP contribution is -2.50. The highest BCUT2D eigenvalue weighted by molar-refractivity contribution is 7.27. The van der Waals surface area contributed by atoms with E-state index in [4.69, 9.17) is 0 Å². The first kappa shape index (κ1) is 19.8. The van der Waals surface area contributed by atoms with Crippen LogP contribution in [-0.2, 0) is 0 Å². The summed E-state index contributed by atoms with van der Waals surface area (Å²) in [6.07, 6.45) is 0.494. The maximum Gasteiger partial charge on any atom is 0.489 e. The highest BCUT2D eigenvalue weighted by Crippen LogP contribution is 2.30. The smallest absolute Gasteiger partial charge is 0.423 e. The van der Waals surface area contributed by atoms with Crippen LogP contribution in [0.3, 0.4) is 0 Å². The summed E-state index contributed by atoms with van der Waals surface area (Å²) in [6.45, 7) is 1.66. The van der Waals surface area contributed by atoms with Crippen molar-refractivity contribution >= 4 is 62.8 Å². The Morgan fingerprint density at radius 3 is 2.28 bits per heavy atom. The first-order valence-corrected chi connectivity index (χ1v) is 10.7. The molecule has 148 valence electrons. The Morgan fingerprint density at radius 1 is 0.966 bits per heavy atom. The molecule has 7 nitrogen and oxygen atoms in total. The molecule has 0 atom stereocenters. The highest BCUT2D eigenvalue weighted by atomic mass is 32.1. The Bertz CT molecular complexity index is 1060. The molecule has 2 aromatic heterocycles. The van der Waals surface area contributed by atoms with Gasteiger partial charge in [-0.05, 0) is 35.1 Å². The van der Waals surface area contributed by atoms with Crippen molar-refractivity contribution in [1.82, 2.24) is 9.80 Å². The number of thiophene rings is 2. The van der Waals surface area contributed by atoms with E-state index in [9.17, 15) is 24.4 Å². The zero-order valence-electron chi connectivity index (χ0n) is 15.3. The van der Waals surface area contributed by atoms with Gasteiger partial charge in [-0.3, -0.25) is 14.4 Å². The van der Waals surface area contributed by atoms with Gasteiger partial charge in [0.1, 0.15) is 6.29 Å². The average molecular weight is 428 g/mol. The fraction of sp³-hybridized carbons (Fsp3) is 0.211. The van der Waals surface area contributed by atoms with E-state index >= 15 is 0 Å². The van der Waals surface area contributed by atoms with Crippen LogP contribution in [0.4, 0.5) is 0 Å². The fourth-order valence-electron chi connectivity index (χ4n) is 3.37. The average Bonchev–Trinajstić information content (AvgIpc) is 3.34. The number of hydrogen-bond donors (Lipinski definition) is 2. The van der Waals surface area contributed by atoms with Gasteiger partial charge in [0.05, 0.1) is 4.88 Å². The van der Waals surface area contributed by atoms with Gasteiger partial charge in [0.2, 0.25) is 0 Å². The molecule has 1 fully saturated rings. The number of rotatable bonds is 4. The highest BCUT2D eigenvalue weighted by Gasteiger charge is 2.27. The summed E-state index contributed by atoms with van der Waals surface area (Å²) in [4.78, 5) is 40.8. The second-order valence-electron chi connectivity index (χ2n) is 6.68. The van der Waals surface area contributed by atoms with Crippen LogP contribution >= 0.6 is 22.7 Å². The van der Waals surface area contributed by atoms with E-state index in [1.165, 1.54) is 29.5 Å². The van der Waals surface area contributed by atoms with Crippen molar-refractivity contribution in [2.24, 2.45) is 0 Å². The molecule has 2 amide bonds. The van der Waals surface area contributed by atoms with Crippen LogP contribution in [0.25, 0.3) is 9.40 Å². The van der Waals surface area contributed by atoms with Gasteiger partial charge in [-0.25, -0.2) is 0 Å². The van der Waals surface area contributed by atoms with Crippen LogP contribution in [-0.4, -0.2) is 71.2 Å². The second-order valence-corrected chi connectivity index (χ2v) is 8.71. The van der Waals surface area contributed by atoms with Crippen LogP contribution < -0.4 is 5.46 Å². The number of piperazine rings is 1. The predicted octanol–water partition coefficient (Wildman–Crippen LogP) is 1.05. The molecule has 0 bridgehead atoms. The van der Waals surface area contributed by atoms with Gasteiger partial charge in [-0.1, -0.05) is 6.07 Å². The first-order valence-electron chi connectivity index (χ1n) is 8.99. The number of nitrogens with zero attached hydrogens (tertiary/aromatic N) is 2. The van der Waals surface area contributed by atoms with Gasteiger partial charge in [-0.2, -0.15) is 0 Å². The molecule has 0 unspecified atom stereocenters. The Morgan fingerprint density at radius 2 is 1.66 bits per heavy atom. The normalized spacial score (nSPS) is 14.3. The number of carbonyl (C=O) groups excluding carboxylic acids is 3. The van der Waals surface area contributed by atoms with E-state index in [1.807, 2.05) is 17.5 Å². The van der Waals surface area contributed by atoms with Crippen molar-refractivity contribution in [3.63, 3.8) is 0 Å². The van der Waals surface area contributed by atoms with Crippen LogP contribution in [0.15, 0.2) is 35.7 Å². The predicted molar refractivity (Wildman–Crippen MR) is 113 cm³/mol. The number of aldehydes is 1. The number of amides is 2. The van der Waals surface area contributed by atoms with E-state index in [-0.39, 0.29) is 22.8 Å². The van der Waals surface area contributed by atoms with Crippen molar-refractivity contribution in [1.29, 1.82) is 0 Å². The SMILES string of the molecule is O=Cc1cc(C(=O)N2CCN(C(=O)c3cc4sccc4s3)CC2)ccc1B(O)O. The molecule has 0 aliphatic carbocycles. The van der Waals surface area contributed by atoms with Crippen LogP contribution in [0.2, 0.25) is 0 Å². The van der Waals surface area contributed by atoms with Crippen molar-refractivity contribution < 1.29 is 24.4 Å². The molecule has 2 N–H and O–H groups in total. The van der Waals surface area contributed by atoms with Gasteiger partial charge < -0.3 is 19.8 Å². The van der Waals surface area contributed by atoms with Gasteiger partial charge in [0, 0.05) is 46.7 Å². The molecule has 10 heteroatoms. The van der Waals surface area contributed by atoms with Crippen LogP contribution in [0.1, 0.15) is 30.4 Å². The van der Waals surface area contributed by atoms with Gasteiger partial charge in [-0.15, -0.1) is 22.7 Å². The lowest BCUT2D eigenvalue weighted by Gasteiger charge is -2.34. The number of hydrogen-bond acceptors (Lipinski definition) is 7. The molecule has 1 aliphatic heterocycles. The zero-order chi connectivity index (χ0) is 20.5. The minimum Gasteiger partial charge on any atom is -0.423 e. The molecule has 29 heavy (non-hydrogen) atoms. The standard InChI is InChI=1S/C19H17BN2O5S2/c23-11-13-9-12(1-2-14(13)20(26)27)18(24)21-4-6-22(7-5-21)19(25)17-10-16-15(29-17)3-8-28-16/h1-3,8-11,26-27H,4-7H2. The molecule has 1 aromatic carbocycles. The van der Waals surface area contributed by atoms with Gasteiger partial charge in [0.25, 0.3) is 11.8 Å². The van der Waals surface area contributed by atoms with Gasteiger partial charge >= 0.3 is 7.12 Å². The maximum absolute atomic E-state index is 12.8. The Labute approximate surface area is 174 Å². The van der Waals surface area contributed by atoms with Crippen molar-refractivity contribution in [2.45, 2.75) is 0 Å². The molecule has 3 heterocycles. The lowest BCUT2D eigenvalue weighted by atomic mass is 9.77. The van der Waals surface area contributed by atoms with Crippen molar-refractivity contribution in [3.05, 3.63) is 51.7 Å². The molecular formula is C19H17BN2O5S2. The molecule has 4 rings (SSSR count). The number of fused-ring (bicyclic) bond motifs is 1. The molecule has 0 spiro atoms. The quantitative estimate of drug-likeness (QED) is 0.478. The summed E-state index contributed by atoms with van der Waals surface area (Å²) in [5, 5.41) is 20.6. The Kier molecular flexibility index (Phi) is 5.51. The first-order chi connectivity index (χ1) is 14.0. The fourth-order valence-corrected chi connectivity index (χ4v) is 5.44. The van der Waals surface area contributed by atoms with Crippen LogP contribution in [0, 0.1) is 0 Å². The third-order valence-corrected chi connectivity index (χ3v) is 7.02. The van der Waals surface area contributed by atoms with E-state index in [0.29, 0.717) is 42.9 Å². The second kappa shape index (κ2) is 8.07. The number of benzene rings is 1. The van der Waals surface area contributed by atoms with Gasteiger partial charge in [0.15, 0.2) is 0 Å². The van der Waals surface area contributed by atoms with Crippen LogP contribution in [0.5, 0.6) is 0 Å².